The van der Waals surface area contributed by atoms with Gasteiger partial charge in [0.25, 0.3) is 5.91 Å². The van der Waals surface area contributed by atoms with Gasteiger partial charge in [0.05, 0.1) is 27.5 Å². The summed E-state index contributed by atoms with van der Waals surface area (Å²) >= 11 is 9.71. The molecule has 172 valence electrons. The number of amides is 1. The molecule has 0 saturated carbocycles. The molecule has 6 nitrogen and oxygen atoms in total. The summed E-state index contributed by atoms with van der Waals surface area (Å²) in [6, 6.07) is 18.4. The highest BCUT2D eigenvalue weighted by Gasteiger charge is 2.39. The summed E-state index contributed by atoms with van der Waals surface area (Å²) in [7, 11) is 0. The SMILES string of the molecule is Cc1c(-c2ccccc2)nc2ccc(Br)cc2c1C(=O)NC[C@](C)(C(=O)O)c1ncccc1Cl. The van der Waals surface area contributed by atoms with Crippen LogP contribution in [0, 0.1) is 6.92 Å². The minimum absolute atomic E-state index is 0.188. The first-order valence-corrected chi connectivity index (χ1v) is 11.7. The van der Waals surface area contributed by atoms with Crippen molar-refractivity contribution in [2.24, 2.45) is 0 Å². The minimum Gasteiger partial charge on any atom is -0.480 e. The summed E-state index contributed by atoms with van der Waals surface area (Å²) < 4.78 is 0.804. The predicted octanol–water partition coefficient (Wildman–Crippen LogP) is 5.79. The third-order valence-electron chi connectivity index (χ3n) is 5.82. The summed E-state index contributed by atoms with van der Waals surface area (Å²) in [5.74, 6) is -1.54. The van der Waals surface area contributed by atoms with Gasteiger partial charge in [-0.05, 0) is 49.7 Å². The van der Waals surface area contributed by atoms with E-state index in [0.29, 0.717) is 27.7 Å². The molecule has 2 N–H and O–H groups in total. The van der Waals surface area contributed by atoms with E-state index in [1.807, 2.05) is 55.5 Å². The number of rotatable bonds is 6. The van der Waals surface area contributed by atoms with Gasteiger partial charge in [-0.15, -0.1) is 0 Å². The van der Waals surface area contributed by atoms with Gasteiger partial charge in [0.1, 0.15) is 5.41 Å². The number of hydrogen-bond acceptors (Lipinski definition) is 4. The maximum absolute atomic E-state index is 13.6. The Bertz CT molecular complexity index is 1410. The Hall–Kier alpha value is -3.29. The van der Waals surface area contributed by atoms with Gasteiger partial charge in [0.2, 0.25) is 0 Å². The van der Waals surface area contributed by atoms with Crippen LogP contribution in [0.5, 0.6) is 0 Å². The van der Waals surface area contributed by atoms with Gasteiger partial charge in [0, 0.05) is 28.2 Å². The van der Waals surface area contributed by atoms with Crippen molar-refractivity contribution < 1.29 is 14.7 Å². The first-order chi connectivity index (χ1) is 16.2. The number of nitrogens with one attached hydrogen (secondary N) is 1. The highest BCUT2D eigenvalue weighted by atomic mass is 79.9. The molecule has 2 heterocycles. The normalized spacial score (nSPS) is 12.8. The molecule has 1 amide bonds. The molecule has 34 heavy (non-hydrogen) atoms. The number of fused-ring (bicyclic) bond motifs is 1. The number of carboxylic acids is 1. The molecule has 0 bridgehead atoms. The van der Waals surface area contributed by atoms with E-state index < -0.39 is 17.3 Å². The van der Waals surface area contributed by atoms with Crippen molar-refractivity contribution in [1.29, 1.82) is 0 Å². The van der Waals surface area contributed by atoms with Gasteiger partial charge >= 0.3 is 5.97 Å². The highest BCUT2D eigenvalue weighted by Crippen LogP contribution is 2.32. The van der Waals surface area contributed by atoms with Crippen LogP contribution in [0.15, 0.2) is 71.3 Å². The standard InChI is InChI=1S/C26H21BrClN3O3/c1-15-21(24(32)30-14-26(2,25(33)34)23-19(28)9-6-12-29-23)18-13-17(27)10-11-20(18)31-22(15)16-7-4-3-5-8-16/h3-13H,14H2,1-2H3,(H,30,32)(H,33,34)/t26-/m0/s1. The van der Waals surface area contributed by atoms with Gasteiger partial charge in [-0.2, -0.15) is 0 Å². The first-order valence-electron chi connectivity index (χ1n) is 10.5. The van der Waals surface area contributed by atoms with E-state index >= 15 is 0 Å². The Morgan fingerprint density at radius 1 is 1.12 bits per heavy atom. The quantitative estimate of drug-likeness (QED) is 0.324. The maximum Gasteiger partial charge on any atom is 0.317 e. The van der Waals surface area contributed by atoms with E-state index in [2.05, 4.69) is 26.2 Å². The Balaban J connectivity index is 1.79. The first kappa shape index (κ1) is 23.9. The van der Waals surface area contributed by atoms with Crippen LogP contribution in [0.3, 0.4) is 0 Å². The van der Waals surface area contributed by atoms with Crippen LogP contribution in [0.1, 0.15) is 28.5 Å². The molecule has 0 spiro atoms. The fourth-order valence-corrected chi connectivity index (χ4v) is 4.59. The van der Waals surface area contributed by atoms with Crippen molar-refractivity contribution in [3.05, 3.63) is 93.2 Å². The second kappa shape index (κ2) is 9.52. The number of hydrogen-bond donors (Lipinski definition) is 2. The van der Waals surface area contributed by atoms with E-state index in [-0.39, 0.29) is 17.3 Å². The molecular weight excluding hydrogens is 518 g/mol. The fourth-order valence-electron chi connectivity index (χ4n) is 3.90. The molecule has 0 saturated heterocycles. The Morgan fingerprint density at radius 3 is 2.53 bits per heavy atom. The fraction of sp³-hybridized carbons (Fsp3) is 0.154. The molecule has 0 aliphatic rings. The van der Waals surface area contributed by atoms with Crippen LogP contribution in [0.2, 0.25) is 5.02 Å². The third-order valence-corrected chi connectivity index (χ3v) is 6.62. The van der Waals surface area contributed by atoms with Crippen LogP contribution < -0.4 is 5.32 Å². The molecule has 4 aromatic rings. The summed E-state index contributed by atoms with van der Waals surface area (Å²) in [6.07, 6.45) is 1.48. The van der Waals surface area contributed by atoms with Gasteiger partial charge in [0.15, 0.2) is 0 Å². The number of nitrogens with zero attached hydrogens (tertiary/aromatic N) is 2. The van der Waals surface area contributed by atoms with Crippen molar-refractivity contribution in [2.45, 2.75) is 19.3 Å². The van der Waals surface area contributed by atoms with Crippen molar-refractivity contribution in [1.82, 2.24) is 15.3 Å². The molecule has 0 fully saturated rings. The zero-order valence-corrected chi connectivity index (χ0v) is 20.8. The third kappa shape index (κ3) is 4.41. The largest absolute Gasteiger partial charge is 0.480 e. The van der Waals surface area contributed by atoms with Crippen molar-refractivity contribution in [3.63, 3.8) is 0 Å². The number of aromatic nitrogens is 2. The monoisotopic (exact) mass is 537 g/mol. The van der Waals surface area contributed by atoms with Crippen LogP contribution in [0.25, 0.3) is 22.2 Å². The molecule has 4 rings (SSSR count). The lowest BCUT2D eigenvalue weighted by Crippen LogP contribution is -2.45. The summed E-state index contributed by atoms with van der Waals surface area (Å²) in [6.45, 7) is 3.14. The minimum atomic E-state index is -1.52. The van der Waals surface area contributed by atoms with Crippen molar-refractivity contribution in [2.75, 3.05) is 6.54 Å². The molecule has 2 aromatic heterocycles. The topological polar surface area (TPSA) is 92.2 Å². The number of carbonyl (C=O) groups is 2. The van der Waals surface area contributed by atoms with Gasteiger partial charge in [-0.25, -0.2) is 4.98 Å². The van der Waals surface area contributed by atoms with Crippen molar-refractivity contribution in [3.8, 4) is 11.3 Å². The van der Waals surface area contributed by atoms with Gasteiger partial charge in [-0.1, -0.05) is 57.9 Å². The molecule has 0 aliphatic heterocycles. The van der Waals surface area contributed by atoms with Crippen LogP contribution in [0.4, 0.5) is 0 Å². The number of carboxylic acid groups (broad SMARTS) is 1. The van der Waals surface area contributed by atoms with E-state index in [0.717, 1.165) is 10.0 Å². The number of aliphatic carboxylic acids is 1. The lowest BCUT2D eigenvalue weighted by Gasteiger charge is -2.26. The lowest BCUT2D eigenvalue weighted by atomic mass is 9.86. The van der Waals surface area contributed by atoms with Crippen molar-refractivity contribution >= 4 is 50.3 Å². The Labute approximate surface area is 210 Å². The van der Waals surface area contributed by atoms with Crippen LogP contribution in [-0.2, 0) is 10.2 Å². The zero-order valence-electron chi connectivity index (χ0n) is 18.5. The number of halogens is 2. The molecule has 0 unspecified atom stereocenters. The Kier molecular flexibility index (Phi) is 6.68. The highest BCUT2D eigenvalue weighted by molar-refractivity contribution is 9.10. The molecule has 8 heteroatoms. The Morgan fingerprint density at radius 2 is 1.85 bits per heavy atom. The van der Waals surface area contributed by atoms with E-state index in [1.165, 1.54) is 13.1 Å². The van der Waals surface area contributed by atoms with Gasteiger partial charge < -0.3 is 10.4 Å². The lowest BCUT2D eigenvalue weighted by molar-refractivity contribution is -0.143. The average molecular weight is 539 g/mol. The molecule has 0 aliphatic carbocycles. The number of benzene rings is 2. The second-order valence-corrected chi connectivity index (χ2v) is 9.46. The molecular formula is C26H21BrClN3O3. The van der Waals surface area contributed by atoms with E-state index in [4.69, 9.17) is 16.6 Å². The number of carbonyl (C=O) groups excluding carboxylic acids is 1. The van der Waals surface area contributed by atoms with E-state index in [9.17, 15) is 14.7 Å². The van der Waals surface area contributed by atoms with Gasteiger partial charge in [-0.3, -0.25) is 14.6 Å². The number of pyridine rings is 2. The maximum atomic E-state index is 13.6. The van der Waals surface area contributed by atoms with Crippen LogP contribution in [-0.4, -0.2) is 33.5 Å². The molecule has 2 aromatic carbocycles. The smallest absolute Gasteiger partial charge is 0.317 e. The molecule has 1 atom stereocenters. The average Bonchev–Trinajstić information content (AvgIpc) is 2.82. The van der Waals surface area contributed by atoms with E-state index in [1.54, 1.807) is 12.1 Å². The zero-order chi connectivity index (χ0) is 24.5. The van der Waals surface area contributed by atoms with Crippen LogP contribution >= 0.6 is 27.5 Å². The molecule has 0 radical (unpaired) electrons. The second-order valence-electron chi connectivity index (χ2n) is 8.14. The predicted molar refractivity (Wildman–Crippen MR) is 136 cm³/mol. The summed E-state index contributed by atoms with van der Waals surface area (Å²) in [5, 5.41) is 13.7. The summed E-state index contributed by atoms with van der Waals surface area (Å²) in [4.78, 5) is 34.8. The summed E-state index contributed by atoms with van der Waals surface area (Å²) in [5.41, 5.74) is 2.03.